The molecule has 15 heavy (non-hydrogen) atoms. The highest BCUT2D eigenvalue weighted by Gasteiger charge is 2.43. The van der Waals surface area contributed by atoms with Gasteiger partial charge in [-0.15, -0.1) is 0 Å². The first-order valence-electron chi connectivity index (χ1n) is 6.21. The van der Waals surface area contributed by atoms with Crippen LogP contribution in [0.4, 0.5) is 0 Å². The summed E-state index contributed by atoms with van der Waals surface area (Å²) >= 11 is 0. The molecule has 1 atom stereocenters. The van der Waals surface area contributed by atoms with Crippen LogP contribution >= 0.6 is 0 Å². The van der Waals surface area contributed by atoms with Gasteiger partial charge in [0, 0.05) is 45.4 Å². The van der Waals surface area contributed by atoms with Crippen molar-refractivity contribution in [1.29, 1.82) is 0 Å². The minimum Gasteiger partial charge on any atom is -0.385 e. The largest absolute Gasteiger partial charge is 0.385 e. The van der Waals surface area contributed by atoms with Gasteiger partial charge < -0.3 is 15.0 Å². The zero-order valence-corrected chi connectivity index (χ0v) is 10.1. The third-order valence-corrected chi connectivity index (χ3v) is 3.81. The van der Waals surface area contributed by atoms with Gasteiger partial charge in [-0.05, 0) is 32.1 Å². The monoisotopic (exact) mass is 212 g/mol. The van der Waals surface area contributed by atoms with Crippen LogP contribution in [-0.4, -0.2) is 50.3 Å². The van der Waals surface area contributed by atoms with Crippen molar-refractivity contribution in [3.05, 3.63) is 0 Å². The Morgan fingerprint density at radius 1 is 1.47 bits per heavy atom. The summed E-state index contributed by atoms with van der Waals surface area (Å²) in [6.07, 6.45) is 4.02. The summed E-state index contributed by atoms with van der Waals surface area (Å²) in [5.74, 6) is 0.933. The van der Waals surface area contributed by atoms with E-state index in [0.29, 0.717) is 5.54 Å². The SMILES string of the molecule is COCCCN1CCNC(C)(C2CC2)C1. The lowest BCUT2D eigenvalue weighted by molar-refractivity contribution is 0.111. The van der Waals surface area contributed by atoms with Gasteiger partial charge in [0.25, 0.3) is 0 Å². The molecule has 1 unspecified atom stereocenters. The summed E-state index contributed by atoms with van der Waals surface area (Å²) in [6, 6.07) is 0. The average Bonchev–Trinajstić information content (AvgIpc) is 3.02. The van der Waals surface area contributed by atoms with E-state index in [0.717, 1.165) is 25.5 Å². The van der Waals surface area contributed by atoms with Crippen LogP contribution in [0, 0.1) is 5.92 Å². The first-order valence-corrected chi connectivity index (χ1v) is 6.21. The molecule has 3 heteroatoms. The highest BCUT2D eigenvalue weighted by atomic mass is 16.5. The normalized spacial score (nSPS) is 33.2. The topological polar surface area (TPSA) is 24.5 Å². The zero-order chi connectivity index (χ0) is 10.7. The Hall–Kier alpha value is -0.120. The van der Waals surface area contributed by atoms with Crippen molar-refractivity contribution < 1.29 is 4.74 Å². The maximum absolute atomic E-state index is 5.10. The van der Waals surface area contributed by atoms with E-state index in [2.05, 4.69) is 17.1 Å². The maximum Gasteiger partial charge on any atom is 0.0474 e. The molecule has 0 spiro atoms. The highest BCUT2D eigenvalue weighted by Crippen LogP contribution is 2.40. The van der Waals surface area contributed by atoms with Crippen molar-refractivity contribution in [2.75, 3.05) is 39.9 Å². The summed E-state index contributed by atoms with van der Waals surface area (Å²) in [4.78, 5) is 2.59. The fraction of sp³-hybridized carbons (Fsp3) is 1.00. The molecule has 1 saturated carbocycles. The first kappa shape index (κ1) is 11.4. The summed E-state index contributed by atoms with van der Waals surface area (Å²) in [5.41, 5.74) is 0.394. The fourth-order valence-corrected chi connectivity index (χ4v) is 2.72. The van der Waals surface area contributed by atoms with Gasteiger partial charge in [-0.3, -0.25) is 0 Å². The zero-order valence-electron chi connectivity index (χ0n) is 10.1. The molecule has 0 amide bonds. The van der Waals surface area contributed by atoms with Gasteiger partial charge in [-0.25, -0.2) is 0 Å². The second-order valence-corrected chi connectivity index (χ2v) is 5.24. The minimum absolute atomic E-state index is 0.394. The number of hydrogen-bond donors (Lipinski definition) is 1. The fourth-order valence-electron chi connectivity index (χ4n) is 2.72. The standard InChI is InChI=1S/C12H24N2O/c1-12(11-4-5-11)10-14(8-6-13-12)7-3-9-15-2/h11,13H,3-10H2,1-2H3. The number of rotatable bonds is 5. The number of piperazine rings is 1. The van der Waals surface area contributed by atoms with E-state index in [4.69, 9.17) is 4.74 Å². The highest BCUT2D eigenvalue weighted by molar-refractivity contribution is 5.01. The van der Waals surface area contributed by atoms with E-state index in [1.165, 1.54) is 32.5 Å². The molecule has 1 heterocycles. The summed E-state index contributed by atoms with van der Waals surface area (Å²) < 4.78 is 5.10. The molecule has 0 aromatic rings. The van der Waals surface area contributed by atoms with Crippen molar-refractivity contribution in [3.8, 4) is 0 Å². The molecule has 0 radical (unpaired) electrons. The van der Waals surface area contributed by atoms with Crippen LogP contribution in [0.15, 0.2) is 0 Å². The van der Waals surface area contributed by atoms with E-state index >= 15 is 0 Å². The van der Waals surface area contributed by atoms with Crippen LogP contribution in [-0.2, 0) is 4.74 Å². The Morgan fingerprint density at radius 2 is 2.27 bits per heavy atom. The Balaban J connectivity index is 1.76. The molecule has 0 bridgehead atoms. The van der Waals surface area contributed by atoms with Gasteiger partial charge >= 0.3 is 0 Å². The Morgan fingerprint density at radius 3 is 2.93 bits per heavy atom. The third-order valence-electron chi connectivity index (χ3n) is 3.81. The molecule has 2 aliphatic rings. The number of ether oxygens (including phenoxy) is 1. The number of nitrogens with zero attached hydrogens (tertiary/aromatic N) is 1. The second-order valence-electron chi connectivity index (χ2n) is 5.24. The molecule has 2 fully saturated rings. The minimum atomic E-state index is 0.394. The van der Waals surface area contributed by atoms with E-state index in [1.54, 1.807) is 7.11 Å². The van der Waals surface area contributed by atoms with Gasteiger partial charge in [0.2, 0.25) is 0 Å². The third kappa shape index (κ3) is 2.92. The van der Waals surface area contributed by atoms with Gasteiger partial charge in [-0.2, -0.15) is 0 Å². The van der Waals surface area contributed by atoms with E-state index in [-0.39, 0.29) is 0 Å². The van der Waals surface area contributed by atoms with Crippen LogP contribution < -0.4 is 5.32 Å². The Kier molecular flexibility index (Phi) is 3.65. The van der Waals surface area contributed by atoms with E-state index < -0.39 is 0 Å². The molecule has 0 aromatic heterocycles. The van der Waals surface area contributed by atoms with Crippen molar-refractivity contribution in [3.63, 3.8) is 0 Å². The summed E-state index contributed by atoms with van der Waals surface area (Å²) in [5, 5.41) is 3.70. The number of nitrogens with one attached hydrogen (secondary N) is 1. The van der Waals surface area contributed by atoms with Gasteiger partial charge in [0.05, 0.1) is 0 Å². The first-order chi connectivity index (χ1) is 7.24. The predicted octanol–water partition coefficient (Wildman–Crippen LogP) is 1.10. The van der Waals surface area contributed by atoms with Gasteiger partial charge in [-0.1, -0.05) is 0 Å². The van der Waals surface area contributed by atoms with Crippen molar-refractivity contribution in [1.82, 2.24) is 10.2 Å². The lowest BCUT2D eigenvalue weighted by Crippen LogP contribution is -2.60. The molecule has 1 aliphatic heterocycles. The number of methoxy groups -OCH3 is 1. The van der Waals surface area contributed by atoms with Crippen molar-refractivity contribution in [2.24, 2.45) is 5.92 Å². The van der Waals surface area contributed by atoms with Crippen LogP contribution in [0.5, 0.6) is 0 Å². The predicted molar refractivity (Wildman–Crippen MR) is 62.1 cm³/mol. The second kappa shape index (κ2) is 4.81. The lowest BCUT2D eigenvalue weighted by atomic mass is 9.93. The smallest absolute Gasteiger partial charge is 0.0474 e. The van der Waals surface area contributed by atoms with Crippen LogP contribution in [0.1, 0.15) is 26.2 Å². The summed E-state index contributed by atoms with van der Waals surface area (Å²) in [6.45, 7) is 8.06. The molecular weight excluding hydrogens is 188 g/mol. The van der Waals surface area contributed by atoms with Crippen LogP contribution in [0.2, 0.25) is 0 Å². The van der Waals surface area contributed by atoms with Crippen LogP contribution in [0.3, 0.4) is 0 Å². The van der Waals surface area contributed by atoms with Gasteiger partial charge in [0.15, 0.2) is 0 Å². The van der Waals surface area contributed by atoms with Crippen molar-refractivity contribution in [2.45, 2.75) is 31.7 Å². The number of hydrogen-bond acceptors (Lipinski definition) is 3. The van der Waals surface area contributed by atoms with Crippen molar-refractivity contribution >= 4 is 0 Å². The van der Waals surface area contributed by atoms with Gasteiger partial charge in [0.1, 0.15) is 0 Å². The molecule has 88 valence electrons. The van der Waals surface area contributed by atoms with Crippen LogP contribution in [0.25, 0.3) is 0 Å². The Labute approximate surface area is 93.2 Å². The molecule has 2 rings (SSSR count). The molecule has 1 N–H and O–H groups in total. The lowest BCUT2D eigenvalue weighted by Gasteiger charge is -2.42. The molecular formula is C12H24N2O. The Bertz CT molecular complexity index is 206. The van der Waals surface area contributed by atoms with E-state index in [1.807, 2.05) is 0 Å². The quantitative estimate of drug-likeness (QED) is 0.691. The molecule has 3 nitrogen and oxygen atoms in total. The summed E-state index contributed by atoms with van der Waals surface area (Å²) in [7, 11) is 1.78. The molecule has 0 aromatic carbocycles. The maximum atomic E-state index is 5.10. The molecule has 1 saturated heterocycles. The average molecular weight is 212 g/mol. The van der Waals surface area contributed by atoms with E-state index in [9.17, 15) is 0 Å². The molecule has 1 aliphatic carbocycles.